The number of hydrogen-bond donors (Lipinski definition) is 0. The smallest absolute Gasteiger partial charge is 0.318 e. The minimum atomic E-state index is -0.196. The summed E-state index contributed by atoms with van der Waals surface area (Å²) >= 11 is 0. The van der Waals surface area contributed by atoms with Crippen LogP contribution in [0.3, 0.4) is 0 Å². The van der Waals surface area contributed by atoms with Crippen LogP contribution >= 0.6 is 0 Å². The highest BCUT2D eigenvalue weighted by molar-refractivity contribution is 6.01. The monoisotopic (exact) mass is 299 g/mol. The molecule has 5 heteroatoms. The Labute approximate surface area is 130 Å². The van der Waals surface area contributed by atoms with Gasteiger partial charge in [-0.05, 0) is 24.5 Å². The predicted octanol–water partition coefficient (Wildman–Crippen LogP) is 1.94. The van der Waals surface area contributed by atoms with Gasteiger partial charge in [0.1, 0.15) is 6.54 Å². The van der Waals surface area contributed by atoms with Gasteiger partial charge in [0.05, 0.1) is 6.67 Å². The van der Waals surface area contributed by atoms with Crippen molar-refractivity contribution in [2.45, 2.75) is 13.3 Å². The van der Waals surface area contributed by atoms with Gasteiger partial charge in [-0.25, -0.2) is 9.69 Å². The molecule has 2 aliphatic heterocycles. The first-order chi connectivity index (χ1) is 10.5. The number of likely N-dealkylation sites (N-methyl/N-ethyl adjacent to an activating group) is 1. The molecular weight excluding hydrogens is 278 g/mol. The van der Waals surface area contributed by atoms with Gasteiger partial charge in [0.2, 0.25) is 0 Å². The van der Waals surface area contributed by atoms with E-state index in [0.29, 0.717) is 6.67 Å². The van der Waals surface area contributed by atoms with Crippen LogP contribution in [0.5, 0.6) is 0 Å². The van der Waals surface area contributed by atoms with Crippen LogP contribution in [-0.2, 0) is 4.79 Å². The molecule has 2 aliphatic rings. The second kappa shape index (κ2) is 5.93. The summed E-state index contributed by atoms with van der Waals surface area (Å²) in [4.78, 5) is 28.6. The zero-order chi connectivity index (χ0) is 15.7. The summed E-state index contributed by atoms with van der Waals surface area (Å²) in [5.41, 5.74) is 3.86. The predicted molar refractivity (Wildman–Crippen MR) is 85.1 cm³/mol. The highest BCUT2D eigenvalue weighted by Gasteiger charge is 2.34. The highest BCUT2D eigenvalue weighted by Crippen LogP contribution is 2.23. The highest BCUT2D eigenvalue weighted by atomic mass is 16.2. The minimum Gasteiger partial charge on any atom is -0.318 e. The van der Waals surface area contributed by atoms with E-state index in [0.717, 1.165) is 19.5 Å². The lowest BCUT2D eigenvalue weighted by Crippen LogP contribution is -2.43. The number of urea groups is 1. The van der Waals surface area contributed by atoms with E-state index in [2.05, 4.69) is 42.2 Å². The van der Waals surface area contributed by atoms with Crippen molar-refractivity contribution in [1.82, 2.24) is 14.7 Å². The Bertz CT molecular complexity index is 621. The lowest BCUT2D eigenvalue weighted by atomic mass is 9.99. The van der Waals surface area contributed by atoms with Crippen LogP contribution in [0.25, 0.3) is 5.57 Å². The first-order valence-corrected chi connectivity index (χ1v) is 7.58. The topological polar surface area (TPSA) is 43.9 Å². The zero-order valence-corrected chi connectivity index (χ0v) is 13.1. The van der Waals surface area contributed by atoms with Crippen LogP contribution < -0.4 is 0 Å². The summed E-state index contributed by atoms with van der Waals surface area (Å²) in [6.45, 7) is 4.29. The van der Waals surface area contributed by atoms with E-state index in [1.807, 2.05) is 0 Å². The van der Waals surface area contributed by atoms with Crippen molar-refractivity contribution in [1.29, 1.82) is 0 Å². The number of rotatable bonds is 3. The van der Waals surface area contributed by atoms with Crippen LogP contribution in [0, 0.1) is 6.92 Å². The van der Waals surface area contributed by atoms with E-state index in [-0.39, 0.29) is 18.5 Å². The summed E-state index contributed by atoms with van der Waals surface area (Å²) < 4.78 is 0. The lowest BCUT2D eigenvalue weighted by molar-refractivity contribution is -0.126. The number of benzene rings is 1. The van der Waals surface area contributed by atoms with Crippen molar-refractivity contribution >= 4 is 17.5 Å². The third kappa shape index (κ3) is 2.90. The molecule has 3 rings (SSSR count). The second-order valence-corrected chi connectivity index (χ2v) is 6.02. The van der Waals surface area contributed by atoms with Crippen molar-refractivity contribution in [3.63, 3.8) is 0 Å². The number of amides is 3. The zero-order valence-electron chi connectivity index (χ0n) is 13.1. The van der Waals surface area contributed by atoms with Gasteiger partial charge in [-0.15, -0.1) is 0 Å². The van der Waals surface area contributed by atoms with Crippen LogP contribution in [0.4, 0.5) is 4.79 Å². The normalized spacial score (nSPS) is 19.8. The Morgan fingerprint density at radius 3 is 2.41 bits per heavy atom. The molecule has 22 heavy (non-hydrogen) atoms. The second-order valence-electron chi connectivity index (χ2n) is 6.02. The molecule has 116 valence electrons. The fraction of sp³-hybridized carbons (Fsp3) is 0.412. The number of carbonyl (C=O) groups is 2. The fourth-order valence-electron chi connectivity index (χ4n) is 2.88. The minimum absolute atomic E-state index is 0.110. The fourth-order valence-corrected chi connectivity index (χ4v) is 2.88. The van der Waals surface area contributed by atoms with Crippen molar-refractivity contribution < 1.29 is 9.59 Å². The maximum absolute atomic E-state index is 11.9. The van der Waals surface area contributed by atoms with Gasteiger partial charge in [-0.3, -0.25) is 9.69 Å². The van der Waals surface area contributed by atoms with Crippen LogP contribution in [0.2, 0.25) is 0 Å². The molecule has 3 amide bonds. The molecule has 0 aromatic heterocycles. The maximum Gasteiger partial charge on any atom is 0.328 e. The average Bonchev–Trinajstić information content (AvgIpc) is 2.75. The maximum atomic E-state index is 11.9. The summed E-state index contributed by atoms with van der Waals surface area (Å²) in [5.74, 6) is -0.110. The molecule has 0 unspecified atom stereocenters. The van der Waals surface area contributed by atoms with Crippen molar-refractivity contribution in [2.75, 3.05) is 33.4 Å². The summed E-state index contributed by atoms with van der Waals surface area (Å²) in [7, 11) is 1.66. The molecule has 1 fully saturated rings. The molecular formula is C17H21N3O2. The molecule has 0 radical (unpaired) electrons. The molecule has 0 spiro atoms. The summed E-state index contributed by atoms with van der Waals surface area (Å²) in [5, 5.41) is 0. The number of hydrogen-bond acceptors (Lipinski definition) is 3. The SMILES string of the molecule is Cc1ccc(C2=CCN(CN3C(=O)CN(C)C3=O)CC2)cc1. The molecule has 2 heterocycles. The van der Waals surface area contributed by atoms with E-state index in [1.165, 1.54) is 26.5 Å². The van der Waals surface area contributed by atoms with E-state index in [4.69, 9.17) is 0 Å². The first-order valence-electron chi connectivity index (χ1n) is 7.58. The quantitative estimate of drug-likeness (QED) is 0.801. The molecule has 1 aromatic rings. The van der Waals surface area contributed by atoms with Gasteiger partial charge in [-0.1, -0.05) is 35.9 Å². The van der Waals surface area contributed by atoms with E-state index in [1.54, 1.807) is 7.05 Å². The number of nitrogens with zero attached hydrogens (tertiary/aromatic N) is 3. The van der Waals surface area contributed by atoms with Crippen molar-refractivity contribution in [3.8, 4) is 0 Å². The Morgan fingerprint density at radius 1 is 1.14 bits per heavy atom. The largest absolute Gasteiger partial charge is 0.328 e. The molecule has 5 nitrogen and oxygen atoms in total. The van der Waals surface area contributed by atoms with Gasteiger partial charge in [0, 0.05) is 20.1 Å². The Hall–Kier alpha value is -2.14. The molecule has 1 aromatic carbocycles. The van der Waals surface area contributed by atoms with Crippen LogP contribution in [0.1, 0.15) is 17.5 Å². The van der Waals surface area contributed by atoms with E-state index < -0.39 is 0 Å². The Balaban J connectivity index is 1.63. The number of imide groups is 1. The van der Waals surface area contributed by atoms with Crippen molar-refractivity contribution in [3.05, 3.63) is 41.5 Å². The molecule has 0 aliphatic carbocycles. The summed E-state index contributed by atoms with van der Waals surface area (Å²) in [6, 6.07) is 8.36. The molecule has 1 saturated heterocycles. The van der Waals surface area contributed by atoms with Crippen molar-refractivity contribution in [2.24, 2.45) is 0 Å². The molecule has 0 N–H and O–H groups in total. The standard InChI is InChI=1S/C17H21N3O2/c1-13-3-5-14(6-4-13)15-7-9-19(10-8-15)12-20-16(21)11-18(2)17(20)22/h3-7H,8-12H2,1-2H3. The first kappa shape index (κ1) is 14.8. The van der Waals surface area contributed by atoms with Crippen LogP contribution in [-0.4, -0.2) is 60.0 Å². The van der Waals surface area contributed by atoms with Gasteiger partial charge in [0.15, 0.2) is 0 Å². The van der Waals surface area contributed by atoms with Gasteiger partial charge in [-0.2, -0.15) is 0 Å². The Kier molecular flexibility index (Phi) is 3.98. The van der Waals surface area contributed by atoms with Crippen LogP contribution in [0.15, 0.2) is 30.3 Å². The lowest BCUT2D eigenvalue weighted by Gasteiger charge is -2.29. The molecule has 0 saturated carbocycles. The number of carbonyl (C=O) groups excluding carboxylic acids is 2. The third-order valence-electron chi connectivity index (χ3n) is 4.29. The van der Waals surface area contributed by atoms with Gasteiger partial charge >= 0.3 is 6.03 Å². The van der Waals surface area contributed by atoms with Gasteiger partial charge < -0.3 is 4.90 Å². The molecule has 0 bridgehead atoms. The summed E-state index contributed by atoms with van der Waals surface area (Å²) in [6.07, 6.45) is 3.14. The number of aryl methyl sites for hydroxylation is 1. The van der Waals surface area contributed by atoms with Gasteiger partial charge in [0.25, 0.3) is 5.91 Å². The van der Waals surface area contributed by atoms with E-state index in [9.17, 15) is 9.59 Å². The third-order valence-corrected chi connectivity index (χ3v) is 4.29. The van der Waals surface area contributed by atoms with E-state index >= 15 is 0 Å². The average molecular weight is 299 g/mol. The molecule has 0 atom stereocenters. The Morgan fingerprint density at radius 2 is 1.86 bits per heavy atom.